The number of esters is 3. The molecule has 0 fully saturated rings. The van der Waals surface area contributed by atoms with E-state index in [0.29, 0.717) is 19.3 Å². The van der Waals surface area contributed by atoms with Crippen LogP contribution in [0.5, 0.6) is 0 Å². The summed E-state index contributed by atoms with van der Waals surface area (Å²) in [7, 11) is -9.82. The summed E-state index contributed by atoms with van der Waals surface area (Å²) >= 11 is 0. The van der Waals surface area contributed by atoms with Crippen molar-refractivity contribution >= 4 is 33.6 Å². The first-order valence-electron chi connectivity index (χ1n) is 45.7. The number of rotatable bonds is 85. The largest absolute Gasteiger partial charge is 0.472 e. The summed E-state index contributed by atoms with van der Waals surface area (Å²) in [6.07, 6.45) is 119. The molecule has 18 heteroatoms. The molecule has 5 atom stereocenters. The van der Waals surface area contributed by atoms with Crippen LogP contribution in [0.1, 0.15) is 355 Å². The van der Waals surface area contributed by atoms with Crippen LogP contribution in [0.15, 0.2) is 194 Å². The van der Waals surface area contributed by atoms with Crippen LogP contribution >= 0.6 is 15.6 Å². The molecule has 0 saturated heterocycles. The van der Waals surface area contributed by atoms with Crippen LogP contribution in [0.2, 0.25) is 0 Å². The van der Waals surface area contributed by atoms with Crippen molar-refractivity contribution in [2.24, 2.45) is 0 Å². The summed E-state index contributed by atoms with van der Waals surface area (Å²) in [5.41, 5.74) is 0. The molecule has 0 aromatic rings. The lowest BCUT2D eigenvalue weighted by molar-refractivity contribution is -0.161. The zero-order valence-electron chi connectivity index (χ0n) is 73.3. The minimum Gasteiger partial charge on any atom is -0.463 e. The van der Waals surface area contributed by atoms with Crippen molar-refractivity contribution in [2.45, 2.75) is 373 Å². The van der Waals surface area contributed by atoms with Gasteiger partial charge in [0.15, 0.2) is 6.10 Å². The Morgan fingerprint density at radius 1 is 0.239 bits per heavy atom. The summed E-state index contributed by atoms with van der Waals surface area (Å²) in [5.74, 6) is -1.60. The van der Waals surface area contributed by atoms with Crippen LogP contribution < -0.4 is 0 Å². The molecule has 117 heavy (non-hydrogen) atoms. The summed E-state index contributed by atoms with van der Waals surface area (Å²) < 4.78 is 61.5. The van der Waals surface area contributed by atoms with Crippen LogP contribution in [0.3, 0.4) is 0 Å². The normalized spacial score (nSPS) is 14.7. The van der Waals surface area contributed by atoms with Crippen molar-refractivity contribution in [2.75, 3.05) is 39.6 Å². The van der Waals surface area contributed by atoms with E-state index in [1.54, 1.807) is 0 Å². The predicted molar refractivity (Wildman–Crippen MR) is 491 cm³/mol. The third-order valence-corrected chi connectivity index (χ3v) is 20.7. The Bertz CT molecular complexity index is 2910. The fourth-order valence-electron chi connectivity index (χ4n) is 12.0. The molecule has 0 bridgehead atoms. The van der Waals surface area contributed by atoms with Crippen LogP contribution in [0.4, 0.5) is 0 Å². The molecule has 0 heterocycles. The van der Waals surface area contributed by atoms with E-state index >= 15 is 0 Å². The highest BCUT2D eigenvalue weighted by atomic mass is 31.2. The third kappa shape index (κ3) is 91.0. The second kappa shape index (κ2) is 89.6. The molecule has 0 amide bonds. The predicted octanol–water partition coefficient (Wildman–Crippen LogP) is 28.2. The zero-order valence-corrected chi connectivity index (χ0v) is 75.1. The van der Waals surface area contributed by atoms with Crippen molar-refractivity contribution in [3.8, 4) is 0 Å². The van der Waals surface area contributed by atoms with Crippen molar-refractivity contribution < 1.29 is 75.8 Å². The number of aliphatic hydroxyl groups excluding tert-OH is 2. The van der Waals surface area contributed by atoms with Crippen LogP contribution in [0, 0.1) is 0 Å². The Morgan fingerprint density at radius 2 is 0.427 bits per heavy atom. The van der Waals surface area contributed by atoms with E-state index < -0.39 is 91.5 Å². The number of ether oxygens (including phenoxy) is 3. The first-order valence-corrected chi connectivity index (χ1v) is 48.7. The molecule has 16 nitrogen and oxygen atoms in total. The van der Waals surface area contributed by atoms with Gasteiger partial charge in [-0.15, -0.1) is 0 Å². The minimum absolute atomic E-state index is 0.0759. The van der Waals surface area contributed by atoms with E-state index in [1.165, 1.54) is 103 Å². The van der Waals surface area contributed by atoms with Crippen molar-refractivity contribution in [3.05, 3.63) is 194 Å². The van der Waals surface area contributed by atoms with Gasteiger partial charge in [0.05, 0.1) is 26.4 Å². The van der Waals surface area contributed by atoms with Crippen molar-refractivity contribution in [3.63, 3.8) is 0 Å². The Labute approximate surface area is 712 Å². The van der Waals surface area contributed by atoms with E-state index in [0.717, 1.165) is 193 Å². The molecule has 666 valence electrons. The molecule has 0 aromatic heterocycles. The average molecular weight is 1670 g/mol. The molecule has 5 unspecified atom stereocenters. The van der Waals surface area contributed by atoms with E-state index in [4.69, 9.17) is 32.3 Å². The third-order valence-electron chi connectivity index (χ3n) is 18.8. The Hall–Kier alpha value is -5.61. The van der Waals surface area contributed by atoms with Crippen LogP contribution in [-0.4, -0.2) is 95.9 Å². The molecular weight excluding hydrogens is 1510 g/mol. The highest BCUT2D eigenvalue weighted by molar-refractivity contribution is 7.47. The van der Waals surface area contributed by atoms with Gasteiger partial charge < -0.3 is 34.2 Å². The maximum absolute atomic E-state index is 13.1. The van der Waals surface area contributed by atoms with E-state index in [1.807, 2.05) is 0 Å². The van der Waals surface area contributed by atoms with Gasteiger partial charge in [0, 0.05) is 19.3 Å². The maximum atomic E-state index is 13.1. The van der Waals surface area contributed by atoms with Crippen molar-refractivity contribution in [1.82, 2.24) is 0 Å². The first-order chi connectivity index (χ1) is 57.2. The number of phosphoric ester groups is 2. The second-order valence-electron chi connectivity index (χ2n) is 30.0. The molecule has 0 aliphatic carbocycles. The molecule has 0 spiro atoms. The number of hydrogen-bond acceptors (Lipinski definition) is 14. The van der Waals surface area contributed by atoms with Gasteiger partial charge in [-0.2, -0.15) is 0 Å². The lowest BCUT2D eigenvalue weighted by atomic mass is 10.0. The van der Waals surface area contributed by atoms with E-state index in [9.17, 15) is 43.5 Å². The van der Waals surface area contributed by atoms with Gasteiger partial charge in [-0.25, -0.2) is 9.13 Å². The molecule has 0 rings (SSSR count). The highest BCUT2D eigenvalue weighted by Gasteiger charge is 2.29. The summed E-state index contributed by atoms with van der Waals surface area (Å²) in [5, 5.41) is 20.7. The lowest BCUT2D eigenvalue weighted by Gasteiger charge is -2.21. The average Bonchev–Trinajstić information content (AvgIpc) is 0.902. The first kappa shape index (κ1) is 111. The SMILES string of the molecule is CC/C=C\C/C=C\C/C=C\C/C=C\C/C=C\C/C=C\CCCCCCCCCCCCCCCCC(=O)OCC(O)COP(=O)(O)OCC(O)COP(=O)(O)OCC(COC(=O)CCCCCCCCCCCCC/C=C\C/C=C\C/C=C\C/C=C\C/C=C\CC)OC(=O)CCCCCCC/C=C\C/C=C\C/C=C\C/C=C\C/C=C\CC. The topological polar surface area (TPSA) is 231 Å². The number of carbonyl (C=O) groups excluding carboxylic acids is 3. The fraction of sp³-hybridized carbons (Fsp3) is 0.646. The molecule has 4 N–H and O–H groups in total. The quantitative estimate of drug-likeness (QED) is 0.0146. The van der Waals surface area contributed by atoms with Gasteiger partial charge in [-0.3, -0.25) is 32.5 Å². The van der Waals surface area contributed by atoms with E-state index in [2.05, 4.69) is 215 Å². The lowest BCUT2D eigenvalue weighted by Crippen LogP contribution is -2.30. The number of phosphoric acid groups is 2. The summed E-state index contributed by atoms with van der Waals surface area (Å²) in [4.78, 5) is 59.0. The number of unbranched alkanes of at least 4 members (excludes halogenated alkanes) is 30. The number of aliphatic hydroxyl groups is 2. The zero-order chi connectivity index (χ0) is 85.1. The van der Waals surface area contributed by atoms with Gasteiger partial charge in [0.25, 0.3) is 0 Å². The van der Waals surface area contributed by atoms with Crippen LogP contribution in [0.25, 0.3) is 0 Å². The molecule has 0 aromatic carbocycles. The van der Waals surface area contributed by atoms with Gasteiger partial charge in [0.2, 0.25) is 0 Å². The molecular formula is C99H164O16P2. The summed E-state index contributed by atoms with van der Waals surface area (Å²) in [6.45, 7) is 2.34. The smallest absolute Gasteiger partial charge is 0.463 e. The van der Waals surface area contributed by atoms with Crippen molar-refractivity contribution in [1.29, 1.82) is 0 Å². The van der Waals surface area contributed by atoms with Gasteiger partial charge >= 0.3 is 33.6 Å². The standard InChI is InChI=1S/C99H164O16P2/c1-4-7-10-13-16-19-22-25-28-31-34-37-39-41-43-44-45-46-47-48-50-52-53-56-58-61-64-67-70-73-76-79-82-85-97(102)109-88-94(100)89-111-116(105,106)112-90-95(101)91-113-117(107,108)114-93-96(115-99(104)87-84-81-78-75-72-69-66-63-60-55-36-33-30-27-24-21-18-15-12-9-6-3)92-110-98(103)86-83-80-77-74-71-68-65-62-59-57-54-51-49-42-40-38-35-32-29-26-23-20-17-14-11-8-5-2/h7-12,16-21,25-30,34-38,41-43,45-46,49,55,63,66,94-96,100-101H,4-6,13-15,22-24,31-33,39-40,44,47-48,50-54,56-62,64-65,67-93H2,1-3H3,(H,105,106)(H,107,108)/b10-7-,11-8-,12-9-,19-16-,20-17-,21-18-,28-25-,29-26-,30-27-,37-34-,38-35-,43-41-,46-45-,49-42-,55-36-,66-63-. The van der Waals surface area contributed by atoms with Gasteiger partial charge in [0.1, 0.15) is 25.4 Å². The second-order valence-corrected chi connectivity index (χ2v) is 32.9. The molecule has 0 radical (unpaired) electrons. The Balaban J connectivity index is 4.60. The number of allylic oxidation sites excluding steroid dienone is 32. The maximum Gasteiger partial charge on any atom is 0.472 e. The van der Waals surface area contributed by atoms with E-state index in [-0.39, 0.29) is 19.3 Å². The molecule has 0 aliphatic heterocycles. The Morgan fingerprint density at radius 3 is 0.675 bits per heavy atom. The van der Waals surface area contributed by atoms with Gasteiger partial charge in [-0.1, -0.05) is 369 Å². The van der Waals surface area contributed by atoms with Gasteiger partial charge in [-0.05, 0) is 161 Å². The molecule has 0 aliphatic rings. The molecule has 0 saturated carbocycles. The highest BCUT2D eigenvalue weighted by Crippen LogP contribution is 2.45. The number of hydrogen-bond donors (Lipinski definition) is 4. The monoisotopic (exact) mass is 1670 g/mol. The van der Waals surface area contributed by atoms with Crippen LogP contribution in [-0.2, 0) is 55.8 Å². The summed E-state index contributed by atoms with van der Waals surface area (Å²) in [6, 6.07) is 0. The fourth-order valence-corrected chi connectivity index (χ4v) is 13.6. The minimum atomic E-state index is -4.95. The Kier molecular flexibility index (Phi) is 85.3. The number of carbonyl (C=O) groups is 3.